The summed E-state index contributed by atoms with van der Waals surface area (Å²) in [5, 5.41) is 8.84. The number of aryl methyl sites for hydroxylation is 2. The number of benzene rings is 2. The summed E-state index contributed by atoms with van der Waals surface area (Å²) in [7, 11) is 0. The van der Waals surface area contributed by atoms with Crippen molar-refractivity contribution in [3.05, 3.63) is 86.2 Å². The molecule has 5 rings (SSSR count). The van der Waals surface area contributed by atoms with Crippen LogP contribution in [0.15, 0.2) is 57.2 Å². The summed E-state index contributed by atoms with van der Waals surface area (Å²) in [6.45, 7) is 3.91. The first-order valence-corrected chi connectivity index (χ1v) is 9.66. The van der Waals surface area contributed by atoms with E-state index in [1.165, 1.54) is 16.2 Å². The van der Waals surface area contributed by atoms with Gasteiger partial charge in [0.05, 0.1) is 17.0 Å². The van der Waals surface area contributed by atoms with E-state index in [9.17, 15) is 9.59 Å². The van der Waals surface area contributed by atoms with E-state index in [0.29, 0.717) is 21.7 Å². The molecule has 4 aromatic rings. The number of hydrogen-bond acceptors (Lipinski definition) is 6. The zero-order chi connectivity index (χ0) is 19.4. The van der Waals surface area contributed by atoms with Crippen LogP contribution in [0.1, 0.15) is 38.9 Å². The Labute approximate surface area is 164 Å². The van der Waals surface area contributed by atoms with Crippen LogP contribution in [-0.4, -0.2) is 16.1 Å². The third-order valence-corrected chi connectivity index (χ3v) is 5.66. The van der Waals surface area contributed by atoms with E-state index in [0.717, 1.165) is 16.7 Å². The molecule has 6 nitrogen and oxygen atoms in total. The number of anilines is 1. The molecule has 0 fully saturated rings. The first-order valence-electron chi connectivity index (χ1n) is 8.78. The lowest BCUT2D eigenvalue weighted by Gasteiger charge is -2.22. The van der Waals surface area contributed by atoms with Gasteiger partial charge in [0.1, 0.15) is 11.1 Å². The molecule has 0 aliphatic carbocycles. The van der Waals surface area contributed by atoms with Crippen molar-refractivity contribution in [2.45, 2.75) is 19.9 Å². The van der Waals surface area contributed by atoms with Gasteiger partial charge in [-0.2, -0.15) is 0 Å². The van der Waals surface area contributed by atoms with Crippen molar-refractivity contribution >= 4 is 33.3 Å². The maximum absolute atomic E-state index is 13.4. The Morgan fingerprint density at radius 3 is 2.50 bits per heavy atom. The number of carbonyl (C=O) groups excluding carboxylic acids is 1. The van der Waals surface area contributed by atoms with Gasteiger partial charge in [0.2, 0.25) is 10.9 Å². The van der Waals surface area contributed by atoms with Crippen LogP contribution in [0.3, 0.4) is 0 Å². The molecule has 1 aliphatic rings. The summed E-state index contributed by atoms with van der Waals surface area (Å²) < 4.78 is 5.92. The first kappa shape index (κ1) is 16.8. The molecule has 0 saturated carbocycles. The van der Waals surface area contributed by atoms with Crippen molar-refractivity contribution in [3.63, 3.8) is 0 Å². The van der Waals surface area contributed by atoms with Crippen LogP contribution in [0.5, 0.6) is 0 Å². The molecule has 0 N–H and O–H groups in total. The summed E-state index contributed by atoms with van der Waals surface area (Å²) in [5.41, 5.74) is 5.01. The molecule has 0 spiro atoms. The summed E-state index contributed by atoms with van der Waals surface area (Å²) in [4.78, 5) is 28.2. The molecule has 0 bridgehead atoms. The second-order valence-electron chi connectivity index (χ2n) is 6.88. The highest BCUT2D eigenvalue weighted by Crippen LogP contribution is 2.41. The van der Waals surface area contributed by atoms with Gasteiger partial charge in [-0.3, -0.25) is 14.5 Å². The quantitative estimate of drug-likeness (QED) is 0.518. The molecule has 28 heavy (non-hydrogen) atoms. The Morgan fingerprint density at radius 1 is 1.04 bits per heavy atom. The fourth-order valence-electron chi connectivity index (χ4n) is 3.62. The van der Waals surface area contributed by atoms with Gasteiger partial charge in [-0.25, -0.2) is 0 Å². The van der Waals surface area contributed by atoms with Crippen LogP contribution in [0, 0.1) is 13.8 Å². The van der Waals surface area contributed by atoms with Gasteiger partial charge >= 0.3 is 0 Å². The minimum absolute atomic E-state index is 0.0714. The molecule has 2 aromatic heterocycles. The fourth-order valence-corrected chi connectivity index (χ4v) is 4.21. The smallest absolute Gasteiger partial charge is 0.297 e. The second-order valence-corrected chi connectivity index (χ2v) is 7.69. The topological polar surface area (TPSA) is 76.3 Å². The third kappa shape index (κ3) is 2.40. The molecule has 1 aliphatic heterocycles. The standard InChI is InChI=1S/C21H15N3O3S/c1-11-3-6-13(7-4-11)17-16-18(25)14-9-12(2)5-8-15(14)27-19(16)20(26)24(17)21-23-22-10-28-21/h3-10,17H,1-2H3/t17-/m1/s1. The molecule has 138 valence electrons. The molecule has 3 heterocycles. The van der Waals surface area contributed by atoms with Crippen molar-refractivity contribution in [3.8, 4) is 0 Å². The van der Waals surface area contributed by atoms with E-state index in [1.54, 1.807) is 17.6 Å². The minimum Gasteiger partial charge on any atom is -0.450 e. The Morgan fingerprint density at radius 2 is 1.79 bits per heavy atom. The number of carbonyl (C=O) groups is 1. The Bertz CT molecular complexity index is 1280. The van der Waals surface area contributed by atoms with E-state index in [2.05, 4.69) is 10.2 Å². The lowest BCUT2D eigenvalue weighted by Crippen LogP contribution is -2.29. The van der Waals surface area contributed by atoms with Gasteiger partial charge in [-0.05, 0) is 31.5 Å². The van der Waals surface area contributed by atoms with E-state index in [4.69, 9.17) is 4.42 Å². The van der Waals surface area contributed by atoms with Gasteiger partial charge in [-0.1, -0.05) is 52.8 Å². The molecule has 7 heteroatoms. The van der Waals surface area contributed by atoms with Crippen LogP contribution in [-0.2, 0) is 0 Å². The van der Waals surface area contributed by atoms with Crippen LogP contribution < -0.4 is 10.3 Å². The molecule has 0 radical (unpaired) electrons. The molecular weight excluding hydrogens is 374 g/mol. The summed E-state index contributed by atoms with van der Waals surface area (Å²) in [6, 6.07) is 12.6. The number of nitrogens with zero attached hydrogens (tertiary/aromatic N) is 3. The zero-order valence-corrected chi connectivity index (χ0v) is 16.0. The number of fused-ring (bicyclic) bond motifs is 2. The molecule has 2 aromatic carbocycles. The van der Waals surface area contributed by atoms with Crippen LogP contribution >= 0.6 is 11.3 Å². The van der Waals surface area contributed by atoms with Crippen molar-refractivity contribution in [2.75, 3.05) is 4.90 Å². The van der Waals surface area contributed by atoms with E-state index in [-0.39, 0.29) is 17.1 Å². The van der Waals surface area contributed by atoms with Crippen LogP contribution in [0.25, 0.3) is 11.0 Å². The largest absolute Gasteiger partial charge is 0.450 e. The predicted octanol–water partition coefficient (Wildman–Crippen LogP) is 4.01. The number of hydrogen-bond donors (Lipinski definition) is 0. The van der Waals surface area contributed by atoms with Crippen molar-refractivity contribution in [2.24, 2.45) is 0 Å². The molecule has 1 atom stereocenters. The minimum atomic E-state index is -0.600. The molecule has 0 saturated heterocycles. The van der Waals surface area contributed by atoms with Crippen molar-refractivity contribution in [1.29, 1.82) is 0 Å². The molecule has 0 unspecified atom stereocenters. The predicted molar refractivity (Wildman–Crippen MR) is 107 cm³/mol. The lowest BCUT2D eigenvalue weighted by atomic mass is 9.97. The number of amides is 1. The fraction of sp³-hybridized carbons (Fsp3) is 0.143. The zero-order valence-electron chi connectivity index (χ0n) is 15.2. The van der Waals surface area contributed by atoms with Crippen molar-refractivity contribution < 1.29 is 9.21 Å². The molecular formula is C21H15N3O3S. The first-order chi connectivity index (χ1) is 13.5. The maximum atomic E-state index is 13.4. The van der Waals surface area contributed by atoms with E-state index < -0.39 is 6.04 Å². The normalized spacial score (nSPS) is 16.0. The number of rotatable bonds is 2. The molecule has 1 amide bonds. The average Bonchev–Trinajstić information content (AvgIpc) is 3.30. The second kappa shape index (κ2) is 6.10. The monoisotopic (exact) mass is 389 g/mol. The van der Waals surface area contributed by atoms with Gasteiger partial charge in [0.15, 0.2) is 5.43 Å². The van der Waals surface area contributed by atoms with Gasteiger partial charge in [0, 0.05) is 0 Å². The Balaban J connectivity index is 1.83. The number of aromatic nitrogens is 2. The highest BCUT2D eigenvalue weighted by molar-refractivity contribution is 7.13. The third-order valence-electron chi connectivity index (χ3n) is 4.97. The average molecular weight is 389 g/mol. The summed E-state index contributed by atoms with van der Waals surface area (Å²) >= 11 is 1.25. The van der Waals surface area contributed by atoms with Gasteiger partial charge < -0.3 is 4.42 Å². The Hall–Kier alpha value is -3.32. The summed E-state index contributed by atoms with van der Waals surface area (Å²) in [6.07, 6.45) is 0. The van der Waals surface area contributed by atoms with E-state index in [1.807, 2.05) is 44.2 Å². The SMILES string of the molecule is Cc1ccc([C@@H]2c3c(oc4ccc(C)cc4c3=O)C(=O)N2c2nncs2)cc1. The Kier molecular flexibility index (Phi) is 3.67. The van der Waals surface area contributed by atoms with Crippen molar-refractivity contribution in [1.82, 2.24) is 10.2 Å². The maximum Gasteiger partial charge on any atom is 0.297 e. The summed E-state index contributed by atoms with van der Waals surface area (Å²) in [5.74, 6) is -0.306. The lowest BCUT2D eigenvalue weighted by molar-refractivity contribution is 0.0970. The van der Waals surface area contributed by atoms with E-state index >= 15 is 0 Å². The van der Waals surface area contributed by atoms with Gasteiger partial charge in [-0.15, -0.1) is 10.2 Å². The van der Waals surface area contributed by atoms with Crippen LogP contribution in [0.4, 0.5) is 5.13 Å². The highest BCUT2D eigenvalue weighted by Gasteiger charge is 2.44. The van der Waals surface area contributed by atoms with Crippen LogP contribution in [0.2, 0.25) is 0 Å². The highest BCUT2D eigenvalue weighted by atomic mass is 32.1. The van der Waals surface area contributed by atoms with Gasteiger partial charge in [0.25, 0.3) is 5.91 Å².